The van der Waals surface area contributed by atoms with Crippen molar-refractivity contribution in [2.24, 2.45) is 0 Å². The molecule has 0 heterocycles. The van der Waals surface area contributed by atoms with Crippen molar-refractivity contribution >= 4 is 27.3 Å². The van der Waals surface area contributed by atoms with Crippen LogP contribution in [0.4, 0.5) is 5.69 Å². The molecule has 0 bridgehead atoms. The summed E-state index contributed by atoms with van der Waals surface area (Å²) in [6.45, 7) is 1.72. The molecule has 0 radical (unpaired) electrons. The normalized spacial score (nSPS) is 11.0. The van der Waals surface area contributed by atoms with Crippen LogP contribution in [-0.4, -0.2) is 33.5 Å². The summed E-state index contributed by atoms with van der Waals surface area (Å²) in [6, 6.07) is 10.9. The van der Waals surface area contributed by atoms with Crippen molar-refractivity contribution in [3.63, 3.8) is 0 Å². The van der Waals surface area contributed by atoms with Crippen molar-refractivity contribution in [1.29, 1.82) is 0 Å². The lowest BCUT2D eigenvalue weighted by Crippen LogP contribution is -2.18. The van der Waals surface area contributed by atoms with Gasteiger partial charge in [0.15, 0.2) is 9.84 Å². The summed E-state index contributed by atoms with van der Waals surface area (Å²) in [5.74, 6) is -0.701. The zero-order chi connectivity index (χ0) is 17.9. The monoisotopic (exact) mass is 346 g/mol. The largest absolute Gasteiger partial charge is 0.355 e. The molecule has 0 saturated heterocycles. The predicted octanol–water partition coefficient (Wildman–Crippen LogP) is 2.01. The Labute approximate surface area is 140 Å². The number of sulfone groups is 1. The molecule has 7 heteroatoms. The van der Waals surface area contributed by atoms with Crippen molar-refractivity contribution < 1.29 is 18.0 Å². The molecule has 126 valence electrons. The van der Waals surface area contributed by atoms with Gasteiger partial charge in [-0.1, -0.05) is 12.1 Å². The lowest BCUT2D eigenvalue weighted by molar-refractivity contribution is 0.0961. The average Bonchev–Trinajstić information content (AvgIpc) is 2.53. The van der Waals surface area contributed by atoms with Crippen LogP contribution in [0.5, 0.6) is 0 Å². The molecule has 0 fully saturated rings. The number of rotatable bonds is 4. The summed E-state index contributed by atoms with van der Waals surface area (Å²) in [5.41, 5.74) is 1.78. The van der Waals surface area contributed by atoms with Crippen molar-refractivity contribution in [3.05, 3.63) is 59.2 Å². The summed E-state index contributed by atoms with van der Waals surface area (Å²) < 4.78 is 23.3. The first-order valence-corrected chi connectivity index (χ1v) is 9.05. The van der Waals surface area contributed by atoms with Crippen LogP contribution >= 0.6 is 0 Å². The molecule has 2 rings (SSSR count). The Kier molecular flexibility index (Phi) is 5.04. The van der Waals surface area contributed by atoms with Crippen molar-refractivity contribution in [2.75, 3.05) is 18.6 Å². The Morgan fingerprint density at radius 1 is 1.00 bits per heavy atom. The maximum Gasteiger partial charge on any atom is 0.255 e. The third-order valence-electron chi connectivity index (χ3n) is 3.49. The Morgan fingerprint density at radius 2 is 1.71 bits per heavy atom. The van der Waals surface area contributed by atoms with Gasteiger partial charge in [-0.05, 0) is 42.8 Å². The third kappa shape index (κ3) is 3.99. The molecule has 0 saturated carbocycles. The van der Waals surface area contributed by atoms with E-state index in [-0.39, 0.29) is 16.4 Å². The standard InChI is InChI=1S/C17H18N2O4S/c1-11-7-8-14(24(3,22)23)10-15(11)17(21)19-13-6-4-5-12(9-13)16(20)18-2/h4-10H,1-3H3,(H,18,20)(H,19,21). The summed E-state index contributed by atoms with van der Waals surface area (Å²) >= 11 is 0. The van der Waals surface area contributed by atoms with Gasteiger partial charge in [0.2, 0.25) is 0 Å². The van der Waals surface area contributed by atoms with Gasteiger partial charge in [-0.3, -0.25) is 9.59 Å². The number of aryl methyl sites for hydroxylation is 1. The molecular weight excluding hydrogens is 328 g/mol. The van der Waals surface area contributed by atoms with Gasteiger partial charge < -0.3 is 10.6 Å². The minimum atomic E-state index is -3.40. The van der Waals surface area contributed by atoms with E-state index < -0.39 is 15.7 Å². The van der Waals surface area contributed by atoms with E-state index in [1.54, 1.807) is 37.3 Å². The van der Waals surface area contributed by atoms with Gasteiger partial charge in [-0.25, -0.2) is 8.42 Å². The second kappa shape index (κ2) is 6.84. The zero-order valence-corrected chi connectivity index (χ0v) is 14.4. The maximum absolute atomic E-state index is 12.5. The number of hydrogen-bond donors (Lipinski definition) is 2. The van der Waals surface area contributed by atoms with Crippen molar-refractivity contribution in [1.82, 2.24) is 5.32 Å². The number of anilines is 1. The fourth-order valence-electron chi connectivity index (χ4n) is 2.16. The highest BCUT2D eigenvalue weighted by Crippen LogP contribution is 2.18. The topological polar surface area (TPSA) is 92.3 Å². The first-order valence-electron chi connectivity index (χ1n) is 7.16. The van der Waals surface area contributed by atoms with Gasteiger partial charge in [-0.15, -0.1) is 0 Å². The minimum absolute atomic E-state index is 0.0809. The third-order valence-corrected chi connectivity index (χ3v) is 4.60. The van der Waals surface area contributed by atoms with Gasteiger partial charge in [0.25, 0.3) is 11.8 Å². The lowest BCUT2D eigenvalue weighted by atomic mass is 10.1. The van der Waals surface area contributed by atoms with E-state index in [4.69, 9.17) is 0 Å². The fraction of sp³-hybridized carbons (Fsp3) is 0.176. The van der Waals surface area contributed by atoms with E-state index in [1.165, 1.54) is 19.2 Å². The quantitative estimate of drug-likeness (QED) is 0.886. The highest BCUT2D eigenvalue weighted by atomic mass is 32.2. The van der Waals surface area contributed by atoms with Gasteiger partial charge in [0.05, 0.1) is 4.90 Å². The summed E-state index contributed by atoms with van der Waals surface area (Å²) in [7, 11) is -1.88. The first-order chi connectivity index (χ1) is 11.2. The van der Waals surface area contributed by atoms with E-state index in [9.17, 15) is 18.0 Å². The van der Waals surface area contributed by atoms with E-state index >= 15 is 0 Å². The molecule has 0 spiro atoms. The van der Waals surface area contributed by atoms with Crippen LogP contribution in [0.2, 0.25) is 0 Å². The van der Waals surface area contributed by atoms with Crippen LogP contribution in [0.15, 0.2) is 47.4 Å². The minimum Gasteiger partial charge on any atom is -0.355 e. The average molecular weight is 346 g/mol. The fourth-order valence-corrected chi connectivity index (χ4v) is 2.80. The van der Waals surface area contributed by atoms with Crippen LogP contribution < -0.4 is 10.6 Å². The van der Waals surface area contributed by atoms with E-state index in [2.05, 4.69) is 10.6 Å². The van der Waals surface area contributed by atoms with Crippen molar-refractivity contribution in [2.45, 2.75) is 11.8 Å². The molecule has 0 unspecified atom stereocenters. The van der Waals surface area contributed by atoms with Crippen molar-refractivity contribution in [3.8, 4) is 0 Å². The molecule has 2 N–H and O–H groups in total. The van der Waals surface area contributed by atoms with Gasteiger partial charge >= 0.3 is 0 Å². The molecule has 24 heavy (non-hydrogen) atoms. The zero-order valence-electron chi connectivity index (χ0n) is 13.6. The number of benzene rings is 2. The van der Waals surface area contributed by atoms with Crippen LogP contribution in [0, 0.1) is 6.92 Å². The van der Waals surface area contributed by atoms with Gasteiger partial charge in [-0.2, -0.15) is 0 Å². The highest BCUT2D eigenvalue weighted by molar-refractivity contribution is 7.90. The van der Waals surface area contributed by atoms with E-state index in [0.717, 1.165) is 6.26 Å². The first kappa shape index (κ1) is 17.7. The number of carbonyl (C=O) groups excluding carboxylic acids is 2. The van der Waals surface area contributed by atoms with Crippen LogP contribution in [0.25, 0.3) is 0 Å². The Balaban J connectivity index is 2.32. The van der Waals surface area contributed by atoms with Gasteiger partial charge in [0, 0.05) is 30.1 Å². The second-order valence-corrected chi connectivity index (χ2v) is 7.38. The molecule has 2 amide bonds. The van der Waals surface area contributed by atoms with Crippen LogP contribution in [0.3, 0.4) is 0 Å². The SMILES string of the molecule is CNC(=O)c1cccc(NC(=O)c2cc(S(C)(=O)=O)ccc2C)c1. The Morgan fingerprint density at radius 3 is 2.33 bits per heavy atom. The Bertz CT molecular complexity index is 905. The molecule has 2 aromatic rings. The molecule has 0 atom stereocenters. The number of carbonyl (C=O) groups is 2. The molecule has 0 aliphatic carbocycles. The second-order valence-electron chi connectivity index (χ2n) is 5.36. The smallest absolute Gasteiger partial charge is 0.255 e. The number of amides is 2. The van der Waals surface area contributed by atoms with Crippen LogP contribution in [-0.2, 0) is 9.84 Å². The Hall–Kier alpha value is -2.67. The summed E-state index contributed by atoms with van der Waals surface area (Å²) in [5, 5.41) is 5.19. The predicted molar refractivity (Wildman–Crippen MR) is 92.1 cm³/mol. The molecule has 0 aliphatic rings. The molecule has 0 aliphatic heterocycles. The van der Waals surface area contributed by atoms with E-state index in [1.807, 2.05) is 0 Å². The molecule has 6 nitrogen and oxygen atoms in total. The van der Waals surface area contributed by atoms with Gasteiger partial charge in [0.1, 0.15) is 0 Å². The summed E-state index contributed by atoms with van der Waals surface area (Å²) in [4.78, 5) is 24.2. The molecule has 2 aromatic carbocycles. The highest BCUT2D eigenvalue weighted by Gasteiger charge is 2.15. The number of hydrogen-bond acceptors (Lipinski definition) is 4. The van der Waals surface area contributed by atoms with Crippen LogP contribution in [0.1, 0.15) is 26.3 Å². The maximum atomic E-state index is 12.5. The molecule has 0 aromatic heterocycles. The van der Waals surface area contributed by atoms with E-state index in [0.29, 0.717) is 16.8 Å². The molecular formula is C17H18N2O4S. The summed E-state index contributed by atoms with van der Waals surface area (Å²) in [6.07, 6.45) is 1.09. The lowest BCUT2D eigenvalue weighted by Gasteiger charge is -2.10. The number of nitrogens with one attached hydrogen (secondary N) is 2.